The van der Waals surface area contributed by atoms with Crippen molar-refractivity contribution in [3.05, 3.63) is 53.8 Å². The van der Waals surface area contributed by atoms with Crippen LogP contribution in [0.15, 0.2) is 42.5 Å². The fraction of sp³-hybridized carbons (Fsp3) is 0.480. The van der Waals surface area contributed by atoms with Gasteiger partial charge in [-0.1, -0.05) is 6.92 Å². The van der Waals surface area contributed by atoms with Gasteiger partial charge in [-0.2, -0.15) is 0 Å². The quantitative estimate of drug-likeness (QED) is 0.655. The maximum atomic E-state index is 14.8. The summed E-state index contributed by atoms with van der Waals surface area (Å²) in [6.07, 6.45) is 3.12. The molecule has 1 heterocycles. The molecule has 0 saturated carbocycles. The van der Waals surface area contributed by atoms with Crippen molar-refractivity contribution in [3.8, 4) is 0 Å². The number of piperidine rings is 1. The average molecular weight is 427 g/mol. The summed E-state index contributed by atoms with van der Waals surface area (Å²) in [6.45, 7) is 7.87. The third-order valence-corrected chi connectivity index (χ3v) is 6.11. The van der Waals surface area contributed by atoms with E-state index in [0.29, 0.717) is 23.0 Å². The molecule has 0 aliphatic carbocycles. The maximum Gasteiger partial charge on any atom is 0.255 e. The van der Waals surface area contributed by atoms with Crippen LogP contribution >= 0.6 is 0 Å². The first-order valence-electron chi connectivity index (χ1n) is 11.3. The predicted octanol–water partition coefficient (Wildman–Crippen LogP) is 4.84. The Morgan fingerprint density at radius 3 is 2.32 bits per heavy atom. The van der Waals surface area contributed by atoms with E-state index in [1.165, 1.54) is 6.07 Å². The molecule has 3 rings (SSSR count). The molecule has 0 unspecified atom stereocenters. The fourth-order valence-corrected chi connectivity index (χ4v) is 4.23. The lowest BCUT2D eigenvalue weighted by molar-refractivity contribution is 0.102. The lowest BCUT2D eigenvalue weighted by Gasteiger charge is -2.36. The monoisotopic (exact) mass is 426 g/mol. The second-order valence-electron chi connectivity index (χ2n) is 8.43. The minimum Gasteiger partial charge on any atom is -0.372 e. The van der Waals surface area contributed by atoms with E-state index >= 15 is 0 Å². The Hall–Kier alpha value is -2.60. The van der Waals surface area contributed by atoms with E-state index in [1.54, 1.807) is 12.1 Å². The highest BCUT2D eigenvalue weighted by molar-refractivity contribution is 6.04. The Labute approximate surface area is 185 Å². The number of nitrogens with zero attached hydrogens (tertiary/aromatic N) is 3. The Kier molecular flexibility index (Phi) is 7.91. The van der Waals surface area contributed by atoms with E-state index in [2.05, 4.69) is 48.0 Å². The van der Waals surface area contributed by atoms with Gasteiger partial charge in [-0.25, -0.2) is 4.39 Å². The molecule has 0 atom stereocenters. The molecule has 6 heteroatoms. The summed E-state index contributed by atoms with van der Waals surface area (Å²) in [5.74, 6) is -0.529. The largest absolute Gasteiger partial charge is 0.372 e. The van der Waals surface area contributed by atoms with Crippen molar-refractivity contribution >= 4 is 23.0 Å². The second kappa shape index (κ2) is 10.6. The van der Waals surface area contributed by atoms with Gasteiger partial charge in [-0.3, -0.25) is 4.79 Å². The van der Waals surface area contributed by atoms with Crippen molar-refractivity contribution in [2.45, 2.75) is 39.2 Å². The minimum absolute atomic E-state index is 0.232. The Balaban J connectivity index is 1.62. The van der Waals surface area contributed by atoms with Gasteiger partial charge in [0.1, 0.15) is 5.82 Å². The first-order chi connectivity index (χ1) is 14.9. The Morgan fingerprint density at radius 1 is 1.10 bits per heavy atom. The van der Waals surface area contributed by atoms with Crippen molar-refractivity contribution in [1.82, 2.24) is 4.90 Å². The van der Waals surface area contributed by atoms with E-state index < -0.39 is 0 Å². The molecule has 0 radical (unpaired) electrons. The number of nitrogens with one attached hydrogen (secondary N) is 1. The van der Waals surface area contributed by atoms with Crippen molar-refractivity contribution in [2.24, 2.45) is 0 Å². The number of carbonyl (C=O) groups is 1. The third-order valence-electron chi connectivity index (χ3n) is 6.11. The topological polar surface area (TPSA) is 38.8 Å². The highest BCUT2D eigenvalue weighted by Crippen LogP contribution is 2.27. The van der Waals surface area contributed by atoms with Crippen LogP contribution in [0.3, 0.4) is 0 Å². The molecular formula is C25H35FN4O. The van der Waals surface area contributed by atoms with Crippen LogP contribution in [0.5, 0.6) is 0 Å². The Bertz CT molecular complexity index is 860. The van der Waals surface area contributed by atoms with E-state index in [0.717, 1.165) is 51.1 Å². The maximum absolute atomic E-state index is 14.8. The average Bonchev–Trinajstić information content (AvgIpc) is 2.78. The zero-order valence-corrected chi connectivity index (χ0v) is 19.2. The molecule has 5 nitrogen and oxygen atoms in total. The lowest BCUT2D eigenvalue weighted by atomic mass is 10.0. The van der Waals surface area contributed by atoms with Crippen LogP contribution in [-0.2, 0) is 0 Å². The van der Waals surface area contributed by atoms with Gasteiger partial charge in [0.2, 0.25) is 0 Å². The molecule has 1 fully saturated rings. The van der Waals surface area contributed by atoms with Gasteiger partial charge in [0.15, 0.2) is 0 Å². The first kappa shape index (κ1) is 23.1. The smallest absolute Gasteiger partial charge is 0.255 e. The number of benzene rings is 2. The predicted molar refractivity (Wildman–Crippen MR) is 128 cm³/mol. The van der Waals surface area contributed by atoms with Crippen molar-refractivity contribution in [3.63, 3.8) is 0 Å². The number of anilines is 3. The van der Waals surface area contributed by atoms with Gasteiger partial charge in [-0.15, -0.1) is 0 Å². The van der Waals surface area contributed by atoms with Gasteiger partial charge >= 0.3 is 0 Å². The lowest BCUT2D eigenvalue weighted by Crippen LogP contribution is -2.42. The normalized spacial score (nSPS) is 14.7. The Morgan fingerprint density at radius 2 is 1.77 bits per heavy atom. The molecule has 1 N–H and O–H groups in total. The number of amides is 1. The molecule has 1 aliphatic rings. The van der Waals surface area contributed by atoms with Gasteiger partial charge < -0.3 is 20.0 Å². The van der Waals surface area contributed by atoms with E-state index in [1.807, 2.05) is 24.3 Å². The zero-order chi connectivity index (χ0) is 22.4. The van der Waals surface area contributed by atoms with Crippen molar-refractivity contribution < 1.29 is 9.18 Å². The number of halogens is 1. The number of rotatable bonds is 8. The molecule has 2 aromatic carbocycles. The first-order valence-corrected chi connectivity index (χ1v) is 11.3. The van der Waals surface area contributed by atoms with Crippen LogP contribution in [0.25, 0.3) is 0 Å². The number of hydrogen-bond donors (Lipinski definition) is 1. The highest BCUT2D eigenvalue weighted by atomic mass is 19.1. The van der Waals surface area contributed by atoms with Crippen LogP contribution in [0.4, 0.5) is 21.5 Å². The molecule has 1 amide bonds. The molecule has 1 aliphatic heterocycles. The number of carbonyl (C=O) groups excluding carboxylic acids is 1. The van der Waals surface area contributed by atoms with Crippen LogP contribution in [0, 0.1) is 5.82 Å². The van der Waals surface area contributed by atoms with Crippen LogP contribution < -0.4 is 15.1 Å². The molecular weight excluding hydrogens is 391 g/mol. The van der Waals surface area contributed by atoms with Crippen LogP contribution in [0.2, 0.25) is 0 Å². The summed E-state index contributed by atoms with van der Waals surface area (Å²) in [7, 11) is 4.19. The van der Waals surface area contributed by atoms with Crippen molar-refractivity contribution in [1.29, 1.82) is 0 Å². The summed E-state index contributed by atoms with van der Waals surface area (Å²) in [5.41, 5.74) is 2.75. The molecule has 1 saturated heterocycles. The highest BCUT2D eigenvalue weighted by Gasteiger charge is 2.22. The molecule has 31 heavy (non-hydrogen) atoms. The molecule has 0 aromatic heterocycles. The van der Waals surface area contributed by atoms with E-state index in [4.69, 9.17) is 0 Å². The number of hydrogen-bond acceptors (Lipinski definition) is 4. The zero-order valence-electron chi connectivity index (χ0n) is 19.2. The molecule has 0 spiro atoms. The van der Waals surface area contributed by atoms with E-state index in [-0.39, 0.29) is 11.7 Å². The van der Waals surface area contributed by atoms with Crippen LogP contribution in [0.1, 0.15) is 43.5 Å². The second-order valence-corrected chi connectivity index (χ2v) is 8.43. The van der Waals surface area contributed by atoms with Crippen LogP contribution in [-0.4, -0.2) is 57.1 Å². The molecule has 168 valence electrons. The minimum atomic E-state index is -0.297. The van der Waals surface area contributed by atoms with E-state index in [9.17, 15) is 9.18 Å². The fourth-order valence-electron chi connectivity index (χ4n) is 4.23. The SMILES string of the molecule is CCCN(CC)c1ccc(C(=O)Nc2ccc(N3CCC(N(C)C)CC3)c(F)c2)cc1. The summed E-state index contributed by atoms with van der Waals surface area (Å²) in [6, 6.07) is 13.1. The van der Waals surface area contributed by atoms with Crippen molar-refractivity contribution in [2.75, 3.05) is 55.4 Å². The standard InChI is InChI=1S/C25H35FN4O/c1-5-15-29(6-2)22-10-7-19(8-11-22)25(31)27-20-9-12-24(23(26)18-20)30-16-13-21(14-17-30)28(3)4/h7-12,18,21H,5-6,13-17H2,1-4H3,(H,27,31). The summed E-state index contributed by atoms with van der Waals surface area (Å²) >= 11 is 0. The van der Waals surface area contributed by atoms with Gasteiger partial charge in [-0.05, 0) is 82.7 Å². The summed E-state index contributed by atoms with van der Waals surface area (Å²) in [4.78, 5) is 19.2. The summed E-state index contributed by atoms with van der Waals surface area (Å²) < 4.78 is 14.8. The van der Waals surface area contributed by atoms with Gasteiger partial charge in [0.25, 0.3) is 5.91 Å². The molecule has 2 aromatic rings. The third kappa shape index (κ3) is 5.76. The van der Waals surface area contributed by atoms with Gasteiger partial charge in [0.05, 0.1) is 5.69 Å². The molecule has 0 bridgehead atoms. The summed E-state index contributed by atoms with van der Waals surface area (Å²) in [5, 5.41) is 2.82. The van der Waals surface area contributed by atoms with Gasteiger partial charge in [0, 0.05) is 49.2 Å².